The van der Waals surface area contributed by atoms with E-state index in [1.165, 1.54) is 0 Å². The van der Waals surface area contributed by atoms with E-state index in [0.717, 1.165) is 12.8 Å². The second-order valence-corrected chi connectivity index (χ2v) is 6.93. The molecule has 2 amide bonds. The Hall–Kier alpha value is -2.68. The summed E-state index contributed by atoms with van der Waals surface area (Å²) in [5, 5.41) is 10.1. The number of amides is 2. The third kappa shape index (κ3) is 4.36. The van der Waals surface area contributed by atoms with Crippen molar-refractivity contribution in [3.8, 4) is 11.6 Å². The van der Waals surface area contributed by atoms with Gasteiger partial charge in [0.25, 0.3) is 0 Å². The average Bonchev–Trinajstić information content (AvgIpc) is 3.13. The number of piperazine rings is 1. The molecule has 3 heterocycles. The minimum absolute atomic E-state index is 0.0155. The highest BCUT2D eigenvalue weighted by Crippen LogP contribution is 2.20. The Bertz CT molecular complexity index is 784. The van der Waals surface area contributed by atoms with E-state index in [2.05, 4.69) is 20.8 Å². The number of aryl methyl sites for hydroxylation is 1. The highest BCUT2D eigenvalue weighted by Gasteiger charge is 2.34. The van der Waals surface area contributed by atoms with E-state index in [1.807, 2.05) is 0 Å². The minimum atomic E-state index is -0.430. The highest BCUT2D eigenvalue weighted by molar-refractivity contribution is 5.88. The van der Waals surface area contributed by atoms with Gasteiger partial charge < -0.3 is 24.5 Å². The van der Waals surface area contributed by atoms with Gasteiger partial charge in [0.1, 0.15) is 6.04 Å². The van der Waals surface area contributed by atoms with Gasteiger partial charge in [-0.15, -0.1) is 0 Å². The Labute approximate surface area is 156 Å². The van der Waals surface area contributed by atoms with Crippen LogP contribution >= 0.6 is 0 Å². The monoisotopic (exact) mass is 373 g/mol. The van der Waals surface area contributed by atoms with Crippen molar-refractivity contribution in [1.29, 1.82) is 0 Å². The van der Waals surface area contributed by atoms with Crippen molar-refractivity contribution in [3.63, 3.8) is 0 Å². The summed E-state index contributed by atoms with van der Waals surface area (Å²) in [7, 11) is 0. The molecule has 2 aliphatic rings. The zero-order valence-electron chi connectivity index (χ0n) is 15.0. The van der Waals surface area contributed by atoms with Crippen LogP contribution < -0.4 is 10.6 Å². The van der Waals surface area contributed by atoms with E-state index in [-0.39, 0.29) is 17.9 Å². The maximum Gasteiger partial charge on any atom is 0.244 e. The molecular weight excluding hydrogens is 350 g/mol. The molecule has 1 aliphatic heterocycles. The fourth-order valence-corrected chi connectivity index (χ4v) is 3.16. The molecule has 2 N–H and O–H groups in total. The molecule has 2 fully saturated rings. The zero-order valence-corrected chi connectivity index (χ0v) is 15.0. The van der Waals surface area contributed by atoms with Crippen molar-refractivity contribution < 1.29 is 18.5 Å². The van der Waals surface area contributed by atoms with Crippen LogP contribution in [0.4, 0.5) is 0 Å². The molecule has 0 spiro atoms. The summed E-state index contributed by atoms with van der Waals surface area (Å²) in [5.41, 5.74) is 0. The lowest BCUT2D eigenvalue weighted by molar-refractivity contribution is -0.141. The van der Waals surface area contributed by atoms with Gasteiger partial charge in [0, 0.05) is 38.5 Å². The van der Waals surface area contributed by atoms with Crippen LogP contribution in [-0.2, 0) is 16.0 Å². The lowest BCUT2D eigenvalue weighted by atomic mass is 10.1. The summed E-state index contributed by atoms with van der Waals surface area (Å²) in [6.45, 7) is 1.75. The molecule has 2 aromatic rings. The van der Waals surface area contributed by atoms with E-state index in [9.17, 15) is 9.59 Å². The van der Waals surface area contributed by atoms with Crippen LogP contribution in [0.5, 0.6) is 0 Å². The minimum Gasteiger partial charge on any atom is -0.461 e. The standard InChI is InChI=1S/C18H23N5O4/c24-16(23-9-8-19-11-13(23)18(25)20-12-6-7-12)5-1-4-15-21-17(22-27-15)14-3-2-10-26-14/h2-3,10,12-13,19H,1,4-9,11H2,(H,20,25). The molecule has 1 saturated heterocycles. The normalized spacial score (nSPS) is 19.9. The van der Waals surface area contributed by atoms with Gasteiger partial charge in [0.05, 0.1) is 6.26 Å². The van der Waals surface area contributed by atoms with Crippen molar-refractivity contribution in [3.05, 3.63) is 24.3 Å². The molecule has 1 saturated carbocycles. The van der Waals surface area contributed by atoms with Crippen LogP contribution in [0, 0.1) is 0 Å². The van der Waals surface area contributed by atoms with E-state index < -0.39 is 6.04 Å². The number of nitrogens with zero attached hydrogens (tertiary/aromatic N) is 3. The third-order valence-corrected chi connectivity index (χ3v) is 4.78. The predicted octanol–water partition coefficient (Wildman–Crippen LogP) is 0.731. The fraction of sp³-hybridized carbons (Fsp3) is 0.556. The first kappa shape index (κ1) is 17.7. The van der Waals surface area contributed by atoms with E-state index in [4.69, 9.17) is 8.94 Å². The summed E-state index contributed by atoms with van der Waals surface area (Å²) < 4.78 is 10.4. The lowest BCUT2D eigenvalue weighted by Crippen LogP contribution is -2.59. The first-order valence-corrected chi connectivity index (χ1v) is 9.38. The van der Waals surface area contributed by atoms with Crippen molar-refractivity contribution >= 4 is 11.8 Å². The topological polar surface area (TPSA) is 114 Å². The van der Waals surface area contributed by atoms with Gasteiger partial charge in [0.2, 0.25) is 23.5 Å². The van der Waals surface area contributed by atoms with Crippen LogP contribution in [0.2, 0.25) is 0 Å². The molecule has 1 atom stereocenters. The Balaban J connectivity index is 1.28. The molecule has 2 aromatic heterocycles. The summed E-state index contributed by atoms with van der Waals surface area (Å²) in [6.07, 6.45) is 5.04. The average molecular weight is 373 g/mol. The maximum absolute atomic E-state index is 12.6. The molecule has 0 aromatic carbocycles. The number of aromatic nitrogens is 2. The Morgan fingerprint density at radius 3 is 3.04 bits per heavy atom. The number of hydrogen-bond donors (Lipinski definition) is 2. The largest absolute Gasteiger partial charge is 0.461 e. The molecule has 9 nitrogen and oxygen atoms in total. The van der Waals surface area contributed by atoms with Gasteiger partial charge >= 0.3 is 0 Å². The van der Waals surface area contributed by atoms with Crippen LogP contribution in [-0.4, -0.2) is 58.6 Å². The van der Waals surface area contributed by atoms with E-state index in [1.54, 1.807) is 23.3 Å². The first-order valence-electron chi connectivity index (χ1n) is 9.38. The van der Waals surface area contributed by atoms with E-state index in [0.29, 0.717) is 56.4 Å². The molecule has 4 rings (SSSR count). The summed E-state index contributed by atoms with van der Waals surface area (Å²) in [5.74, 6) is 1.35. The molecule has 1 unspecified atom stereocenters. The predicted molar refractivity (Wildman–Crippen MR) is 94.5 cm³/mol. The Morgan fingerprint density at radius 1 is 1.37 bits per heavy atom. The molecule has 1 aliphatic carbocycles. The van der Waals surface area contributed by atoms with Gasteiger partial charge in [-0.3, -0.25) is 9.59 Å². The first-order chi connectivity index (χ1) is 13.2. The van der Waals surface area contributed by atoms with Gasteiger partial charge in [0.15, 0.2) is 5.76 Å². The second-order valence-electron chi connectivity index (χ2n) is 6.93. The van der Waals surface area contributed by atoms with E-state index >= 15 is 0 Å². The summed E-state index contributed by atoms with van der Waals surface area (Å²) >= 11 is 0. The molecular formula is C18H23N5O4. The molecule has 0 bridgehead atoms. The number of furan rings is 1. The Kier molecular flexibility index (Phi) is 5.19. The number of carbonyl (C=O) groups is 2. The summed E-state index contributed by atoms with van der Waals surface area (Å²) in [6, 6.07) is 3.38. The Morgan fingerprint density at radius 2 is 2.26 bits per heavy atom. The summed E-state index contributed by atoms with van der Waals surface area (Å²) in [4.78, 5) is 31.0. The van der Waals surface area contributed by atoms with Crippen molar-refractivity contribution in [2.24, 2.45) is 0 Å². The second kappa shape index (κ2) is 7.91. The fourth-order valence-electron chi connectivity index (χ4n) is 3.16. The maximum atomic E-state index is 12.6. The number of carbonyl (C=O) groups excluding carboxylic acids is 2. The third-order valence-electron chi connectivity index (χ3n) is 4.78. The van der Waals surface area contributed by atoms with Crippen LogP contribution in [0.25, 0.3) is 11.6 Å². The number of nitrogens with one attached hydrogen (secondary N) is 2. The lowest BCUT2D eigenvalue weighted by Gasteiger charge is -2.35. The highest BCUT2D eigenvalue weighted by atomic mass is 16.5. The molecule has 27 heavy (non-hydrogen) atoms. The van der Waals surface area contributed by atoms with Crippen molar-refractivity contribution in [2.45, 2.75) is 44.2 Å². The smallest absolute Gasteiger partial charge is 0.244 e. The molecule has 0 radical (unpaired) electrons. The van der Waals surface area contributed by atoms with Crippen molar-refractivity contribution in [2.75, 3.05) is 19.6 Å². The van der Waals surface area contributed by atoms with Crippen LogP contribution in [0.15, 0.2) is 27.3 Å². The van der Waals surface area contributed by atoms with Gasteiger partial charge in [-0.2, -0.15) is 4.98 Å². The van der Waals surface area contributed by atoms with Gasteiger partial charge in [-0.05, 0) is 31.4 Å². The quantitative estimate of drug-likeness (QED) is 0.735. The zero-order chi connectivity index (χ0) is 18.6. The SMILES string of the molecule is O=C(NC1CC1)C1CNCCN1C(=O)CCCc1nc(-c2ccco2)no1. The van der Waals surface area contributed by atoms with Gasteiger partial charge in [-0.25, -0.2) is 0 Å². The number of rotatable bonds is 7. The van der Waals surface area contributed by atoms with Crippen LogP contribution in [0.1, 0.15) is 31.6 Å². The molecule has 144 valence electrons. The number of hydrogen-bond acceptors (Lipinski definition) is 7. The molecule has 9 heteroatoms. The van der Waals surface area contributed by atoms with Crippen molar-refractivity contribution in [1.82, 2.24) is 25.7 Å². The van der Waals surface area contributed by atoms with Gasteiger partial charge in [-0.1, -0.05) is 5.16 Å². The van der Waals surface area contributed by atoms with Crippen LogP contribution in [0.3, 0.4) is 0 Å².